The van der Waals surface area contributed by atoms with Crippen LogP contribution in [0.2, 0.25) is 0 Å². The van der Waals surface area contributed by atoms with Crippen LogP contribution < -0.4 is 0 Å². The molecule has 0 heterocycles. The molecule has 0 aliphatic heterocycles. The maximum Gasteiger partial charge on any atom is 0.0862 e. The van der Waals surface area contributed by atoms with Crippen molar-refractivity contribution in [1.29, 1.82) is 0 Å². The molecule has 1 saturated carbocycles. The van der Waals surface area contributed by atoms with Gasteiger partial charge in [-0.2, -0.15) is 0 Å². The molecule has 1 aliphatic carbocycles. The number of rotatable bonds is 4. The van der Waals surface area contributed by atoms with Crippen molar-refractivity contribution in [2.45, 2.75) is 56.9 Å². The highest BCUT2D eigenvalue weighted by molar-refractivity contribution is 9.10. The number of hydrogen-bond acceptors (Lipinski definition) is 1. The molecule has 0 saturated heterocycles. The van der Waals surface area contributed by atoms with Crippen molar-refractivity contribution < 1.29 is 4.74 Å². The number of ether oxygens (including phenoxy) is 1. The highest BCUT2D eigenvalue weighted by Crippen LogP contribution is 2.38. The predicted molar refractivity (Wildman–Crippen MR) is 94.1 cm³/mol. The number of hydrogen-bond donors (Lipinski definition) is 0. The van der Waals surface area contributed by atoms with E-state index >= 15 is 0 Å². The minimum absolute atomic E-state index is 0.0806. The molecular formula is C16H20B3BrO. The highest BCUT2D eigenvalue weighted by Gasteiger charge is 2.28. The number of halogens is 1. The van der Waals surface area contributed by atoms with E-state index in [0.717, 1.165) is 30.2 Å². The molecule has 1 aromatic rings. The van der Waals surface area contributed by atoms with Crippen LogP contribution in [-0.2, 0) is 4.74 Å². The van der Waals surface area contributed by atoms with Gasteiger partial charge in [-0.15, -0.1) is 0 Å². The van der Waals surface area contributed by atoms with E-state index in [9.17, 15) is 0 Å². The van der Waals surface area contributed by atoms with E-state index in [0.29, 0.717) is 11.8 Å². The first kappa shape index (κ1) is 17.2. The van der Waals surface area contributed by atoms with E-state index in [2.05, 4.69) is 48.0 Å². The van der Waals surface area contributed by atoms with Crippen LogP contribution in [0.5, 0.6) is 0 Å². The summed E-state index contributed by atoms with van der Waals surface area (Å²) in [6, 6.07) is 6.52. The molecule has 0 aromatic heterocycles. The standard InChI is InChI=1S/C16H20B3BrO/c1-10-3-6-13(20)9-15(10)11(2)12-4-7-14(8-5-12)21-16(17,18)19/h3,6,9,11-12,14H,4-5,7-8H2,1-2H3. The van der Waals surface area contributed by atoms with Gasteiger partial charge in [-0.1, -0.05) is 28.9 Å². The quantitative estimate of drug-likeness (QED) is 0.762. The average Bonchev–Trinajstić information content (AvgIpc) is 2.40. The zero-order chi connectivity index (χ0) is 15.6. The van der Waals surface area contributed by atoms with Crippen LogP contribution in [0.15, 0.2) is 22.7 Å². The topological polar surface area (TPSA) is 9.23 Å². The molecule has 0 N–H and O–H groups in total. The molecule has 1 fully saturated rings. The van der Waals surface area contributed by atoms with Gasteiger partial charge in [0.1, 0.15) is 0 Å². The van der Waals surface area contributed by atoms with E-state index in [1.807, 2.05) is 0 Å². The van der Waals surface area contributed by atoms with Gasteiger partial charge >= 0.3 is 0 Å². The minimum atomic E-state index is -1.51. The summed E-state index contributed by atoms with van der Waals surface area (Å²) in [5.74, 6) is 1.21. The van der Waals surface area contributed by atoms with E-state index in [1.165, 1.54) is 11.1 Å². The third-order valence-electron chi connectivity index (χ3n) is 4.53. The smallest absolute Gasteiger partial charge is 0.0862 e. The van der Waals surface area contributed by atoms with Crippen molar-refractivity contribution in [2.24, 2.45) is 5.92 Å². The first-order chi connectivity index (χ1) is 9.76. The van der Waals surface area contributed by atoms with Gasteiger partial charge in [0.2, 0.25) is 0 Å². The second kappa shape index (κ2) is 6.96. The van der Waals surface area contributed by atoms with E-state index < -0.39 is 5.30 Å². The fourth-order valence-electron chi connectivity index (χ4n) is 3.35. The van der Waals surface area contributed by atoms with Crippen LogP contribution in [0.3, 0.4) is 0 Å². The average molecular weight is 341 g/mol. The molecule has 1 nitrogen and oxygen atoms in total. The van der Waals surface area contributed by atoms with Crippen molar-refractivity contribution >= 4 is 39.5 Å². The summed E-state index contributed by atoms with van der Waals surface area (Å²) in [7, 11) is 16.5. The van der Waals surface area contributed by atoms with Crippen molar-refractivity contribution in [3.63, 3.8) is 0 Å². The Bertz CT molecular complexity index is 479. The van der Waals surface area contributed by atoms with E-state index in [-0.39, 0.29) is 6.10 Å². The number of aryl methyl sites for hydroxylation is 1. The van der Waals surface area contributed by atoms with Crippen LogP contribution in [0.4, 0.5) is 0 Å². The molecule has 21 heavy (non-hydrogen) atoms. The van der Waals surface area contributed by atoms with Crippen LogP contribution in [-0.4, -0.2) is 34.9 Å². The summed E-state index contributed by atoms with van der Waals surface area (Å²) in [5, 5.41) is -1.51. The van der Waals surface area contributed by atoms with E-state index in [1.54, 1.807) is 0 Å². The SMILES string of the molecule is [B]C([B])([B])OC1CCC(C(C)c2cc(Br)ccc2C)CC1. The van der Waals surface area contributed by atoms with Crippen molar-refractivity contribution in [3.05, 3.63) is 33.8 Å². The molecule has 1 aliphatic rings. The Morgan fingerprint density at radius 2 is 1.81 bits per heavy atom. The van der Waals surface area contributed by atoms with Gasteiger partial charge in [-0.3, -0.25) is 0 Å². The normalized spacial score (nSPS) is 24.7. The molecule has 0 spiro atoms. The Morgan fingerprint density at radius 3 is 2.38 bits per heavy atom. The Hall–Kier alpha value is -0.145. The molecular weight excluding hydrogens is 321 g/mol. The largest absolute Gasteiger partial charge is 0.400 e. The summed E-state index contributed by atoms with van der Waals surface area (Å²) in [4.78, 5) is 0. The zero-order valence-corrected chi connectivity index (χ0v) is 14.4. The molecule has 0 amide bonds. The lowest BCUT2D eigenvalue weighted by atomic mass is 9.52. The molecule has 6 radical (unpaired) electrons. The van der Waals surface area contributed by atoms with Gasteiger partial charge in [-0.05, 0) is 73.0 Å². The summed E-state index contributed by atoms with van der Waals surface area (Å²) in [6.45, 7) is 4.50. The van der Waals surface area contributed by atoms with Gasteiger partial charge in [0, 0.05) is 4.47 Å². The van der Waals surface area contributed by atoms with Crippen LogP contribution >= 0.6 is 15.9 Å². The van der Waals surface area contributed by atoms with Gasteiger partial charge in [0.25, 0.3) is 0 Å². The monoisotopic (exact) mass is 340 g/mol. The first-order valence-electron chi connectivity index (χ1n) is 7.57. The van der Waals surface area contributed by atoms with Crippen molar-refractivity contribution in [2.75, 3.05) is 0 Å². The van der Waals surface area contributed by atoms with E-state index in [4.69, 9.17) is 28.3 Å². The first-order valence-corrected chi connectivity index (χ1v) is 8.36. The Morgan fingerprint density at radius 1 is 1.19 bits per heavy atom. The van der Waals surface area contributed by atoms with Gasteiger partial charge < -0.3 is 4.74 Å². The van der Waals surface area contributed by atoms with Crippen LogP contribution in [0.1, 0.15) is 49.7 Å². The van der Waals surface area contributed by atoms with Gasteiger partial charge in [-0.25, -0.2) is 0 Å². The Balaban J connectivity index is 1.97. The fraction of sp³-hybridized carbons (Fsp3) is 0.625. The van der Waals surface area contributed by atoms with Crippen molar-refractivity contribution in [1.82, 2.24) is 0 Å². The summed E-state index contributed by atoms with van der Waals surface area (Å²) < 4.78 is 6.63. The predicted octanol–water partition coefficient (Wildman–Crippen LogP) is 3.55. The molecule has 1 atom stereocenters. The van der Waals surface area contributed by atoms with Gasteiger partial charge in [0.05, 0.1) is 29.6 Å². The second-order valence-corrected chi connectivity index (χ2v) is 7.21. The highest BCUT2D eigenvalue weighted by atomic mass is 79.9. The lowest BCUT2D eigenvalue weighted by Gasteiger charge is -2.36. The molecule has 1 aromatic carbocycles. The molecule has 5 heteroatoms. The summed E-state index contributed by atoms with van der Waals surface area (Å²) in [6.07, 6.45) is 4.25. The summed E-state index contributed by atoms with van der Waals surface area (Å²) >= 11 is 3.57. The lowest BCUT2D eigenvalue weighted by Crippen LogP contribution is -2.40. The molecule has 106 valence electrons. The van der Waals surface area contributed by atoms with Gasteiger partial charge in [0.15, 0.2) is 0 Å². The molecule has 0 bridgehead atoms. The minimum Gasteiger partial charge on any atom is -0.400 e. The third-order valence-corrected chi connectivity index (χ3v) is 5.02. The maximum absolute atomic E-state index is 5.52. The lowest BCUT2D eigenvalue weighted by molar-refractivity contribution is 0.00982. The molecule has 1 unspecified atom stereocenters. The Kier molecular flexibility index (Phi) is 5.70. The van der Waals surface area contributed by atoms with Crippen molar-refractivity contribution in [3.8, 4) is 0 Å². The zero-order valence-electron chi connectivity index (χ0n) is 12.8. The Labute approximate surface area is 141 Å². The molecule has 2 rings (SSSR count). The fourth-order valence-corrected chi connectivity index (χ4v) is 3.73. The van der Waals surface area contributed by atoms with Crippen LogP contribution in [0.25, 0.3) is 0 Å². The summed E-state index contributed by atoms with van der Waals surface area (Å²) in [5.41, 5.74) is 2.79. The second-order valence-electron chi connectivity index (χ2n) is 6.30. The third kappa shape index (κ3) is 4.92. The van der Waals surface area contributed by atoms with Crippen LogP contribution in [0, 0.1) is 12.8 Å². The number of benzene rings is 1. The maximum atomic E-state index is 5.52.